The number of alkyl halides is 3. The molecule has 2 fully saturated rings. The second-order valence-electron chi connectivity index (χ2n) is 8.21. The van der Waals surface area contributed by atoms with Gasteiger partial charge in [0.2, 0.25) is 15.9 Å². The molecule has 33 heavy (non-hydrogen) atoms. The summed E-state index contributed by atoms with van der Waals surface area (Å²) in [7, 11) is -3.56. The van der Waals surface area contributed by atoms with Crippen LogP contribution in [0.25, 0.3) is 0 Å². The average Bonchev–Trinajstić information content (AvgIpc) is 2.84. The fraction of sp³-hybridized carbons (Fsp3) is 0.455. The number of piperidine rings is 1. The molecule has 2 saturated heterocycles. The third kappa shape index (κ3) is 5.14. The first-order valence-corrected chi connectivity index (χ1v) is 12.2. The zero-order valence-electron chi connectivity index (χ0n) is 17.9. The zero-order chi connectivity index (χ0) is 23.6. The predicted molar refractivity (Wildman–Crippen MR) is 116 cm³/mol. The average molecular weight is 483 g/mol. The van der Waals surface area contributed by atoms with E-state index in [9.17, 15) is 26.4 Å². The van der Waals surface area contributed by atoms with Crippen molar-refractivity contribution in [3.63, 3.8) is 0 Å². The minimum absolute atomic E-state index is 0.00628. The normalized spacial score (nSPS) is 19.0. The standard InChI is InChI=1S/C22H25F3N4O3S/c23-22(24,25)18-6-7-20(26-16-18)27-12-14-28(15-13-27)21(30)17-8-10-29(11-9-17)33(31,32)19-4-2-1-3-5-19/h1-7,16-17H,8-15H2. The minimum Gasteiger partial charge on any atom is -0.353 e. The van der Waals surface area contributed by atoms with Crippen LogP contribution in [0.2, 0.25) is 0 Å². The van der Waals surface area contributed by atoms with E-state index >= 15 is 0 Å². The monoisotopic (exact) mass is 482 g/mol. The Balaban J connectivity index is 1.29. The molecule has 178 valence electrons. The molecule has 0 saturated carbocycles. The Hall–Kier alpha value is -2.66. The van der Waals surface area contributed by atoms with Crippen LogP contribution in [0.4, 0.5) is 19.0 Å². The van der Waals surface area contributed by atoms with Crippen molar-refractivity contribution >= 4 is 21.7 Å². The van der Waals surface area contributed by atoms with Crippen LogP contribution in [0.3, 0.4) is 0 Å². The van der Waals surface area contributed by atoms with Gasteiger partial charge in [0.25, 0.3) is 0 Å². The first-order valence-electron chi connectivity index (χ1n) is 10.8. The van der Waals surface area contributed by atoms with Gasteiger partial charge < -0.3 is 9.80 Å². The maximum atomic E-state index is 13.0. The van der Waals surface area contributed by atoms with E-state index in [0.717, 1.165) is 12.3 Å². The molecule has 0 spiro atoms. The second kappa shape index (κ2) is 9.30. The van der Waals surface area contributed by atoms with Crippen molar-refractivity contribution in [2.45, 2.75) is 23.9 Å². The lowest BCUT2D eigenvalue weighted by molar-refractivity contribution is -0.138. The van der Waals surface area contributed by atoms with Crippen LogP contribution in [0.15, 0.2) is 53.6 Å². The number of nitrogens with zero attached hydrogens (tertiary/aromatic N) is 4. The summed E-state index contributed by atoms with van der Waals surface area (Å²) in [6, 6.07) is 10.6. The number of aromatic nitrogens is 1. The third-order valence-electron chi connectivity index (χ3n) is 6.17. The molecule has 11 heteroatoms. The highest BCUT2D eigenvalue weighted by Gasteiger charge is 2.35. The van der Waals surface area contributed by atoms with Gasteiger partial charge in [0.05, 0.1) is 10.5 Å². The molecule has 0 radical (unpaired) electrons. The summed E-state index contributed by atoms with van der Waals surface area (Å²) >= 11 is 0. The topological polar surface area (TPSA) is 73.8 Å². The zero-order valence-corrected chi connectivity index (χ0v) is 18.7. The molecule has 2 aliphatic heterocycles. The number of hydrogen-bond donors (Lipinski definition) is 0. The number of piperazine rings is 1. The summed E-state index contributed by atoms with van der Waals surface area (Å²) in [4.78, 5) is 20.8. The van der Waals surface area contributed by atoms with Crippen LogP contribution in [-0.4, -0.2) is 67.8 Å². The van der Waals surface area contributed by atoms with Crippen molar-refractivity contribution in [3.8, 4) is 0 Å². The number of hydrogen-bond acceptors (Lipinski definition) is 5. The lowest BCUT2D eigenvalue weighted by Crippen LogP contribution is -2.52. The number of sulfonamides is 1. The highest BCUT2D eigenvalue weighted by molar-refractivity contribution is 7.89. The van der Waals surface area contributed by atoms with Gasteiger partial charge in [0.1, 0.15) is 5.82 Å². The fourth-order valence-electron chi connectivity index (χ4n) is 4.24. The Labute approximate surface area is 190 Å². The number of benzene rings is 1. The Bertz CT molecular complexity index is 1060. The van der Waals surface area contributed by atoms with E-state index in [2.05, 4.69) is 4.98 Å². The SMILES string of the molecule is O=C(C1CCN(S(=O)(=O)c2ccccc2)CC1)N1CCN(c2ccc(C(F)(F)F)cn2)CC1. The van der Waals surface area contributed by atoms with Crippen LogP contribution in [0.5, 0.6) is 0 Å². The molecule has 1 aromatic carbocycles. The van der Waals surface area contributed by atoms with Crippen LogP contribution in [-0.2, 0) is 21.0 Å². The summed E-state index contributed by atoms with van der Waals surface area (Å²) in [5.41, 5.74) is -0.791. The van der Waals surface area contributed by atoms with Gasteiger partial charge >= 0.3 is 6.18 Å². The van der Waals surface area contributed by atoms with Gasteiger partial charge in [-0.3, -0.25) is 4.79 Å². The second-order valence-corrected chi connectivity index (χ2v) is 10.1. The number of pyridine rings is 1. The van der Waals surface area contributed by atoms with Gasteiger partial charge in [0.15, 0.2) is 0 Å². The lowest BCUT2D eigenvalue weighted by atomic mass is 9.96. The molecule has 1 aromatic heterocycles. The van der Waals surface area contributed by atoms with Gasteiger partial charge in [0, 0.05) is 51.4 Å². The van der Waals surface area contributed by atoms with Crippen molar-refractivity contribution < 1.29 is 26.4 Å². The summed E-state index contributed by atoms with van der Waals surface area (Å²) in [6.07, 6.45) is -2.67. The number of halogens is 3. The molecule has 7 nitrogen and oxygen atoms in total. The smallest absolute Gasteiger partial charge is 0.353 e. The third-order valence-corrected chi connectivity index (χ3v) is 8.09. The lowest BCUT2D eigenvalue weighted by Gasteiger charge is -2.38. The summed E-state index contributed by atoms with van der Waals surface area (Å²) in [6.45, 7) is 2.44. The molecular weight excluding hydrogens is 457 g/mol. The van der Waals surface area contributed by atoms with Crippen molar-refractivity contribution in [1.29, 1.82) is 0 Å². The number of amides is 1. The van der Waals surface area contributed by atoms with Crippen LogP contribution in [0.1, 0.15) is 18.4 Å². The molecule has 4 rings (SSSR count). The van der Waals surface area contributed by atoms with E-state index in [4.69, 9.17) is 0 Å². The van der Waals surface area contributed by atoms with Gasteiger partial charge in [-0.05, 0) is 37.1 Å². The van der Waals surface area contributed by atoms with Crippen LogP contribution < -0.4 is 4.90 Å². The molecule has 2 aliphatic rings. The Morgan fingerprint density at radius 3 is 2.09 bits per heavy atom. The minimum atomic E-state index is -4.42. The van der Waals surface area contributed by atoms with E-state index in [-0.39, 0.29) is 16.7 Å². The van der Waals surface area contributed by atoms with Crippen molar-refractivity contribution in [1.82, 2.24) is 14.2 Å². The number of anilines is 1. The largest absolute Gasteiger partial charge is 0.417 e. The van der Waals surface area contributed by atoms with Crippen LogP contribution >= 0.6 is 0 Å². The molecule has 0 atom stereocenters. The quantitative estimate of drug-likeness (QED) is 0.670. The molecular formula is C22H25F3N4O3S. The maximum absolute atomic E-state index is 13.0. The van der Waals surface area contributed by atoms with Crippen molar-refractivity contribution in [2.75, 3.05) is 44.2 Å². The molecule has 3 heterocycles. The highest BCUT2D eigenvalue weighted by atomic mass is 32.2. The molecule has 2 aromatic rings. The Morgan fingerprint density at radius 2 is 1.55 bits per heavy atom. The molecule has 0 N–H and O–H groups in total. The van der Waals surface area contributed by atoms with Gasteiger partial charge in [-0.1, -0.05) is 18.2 Å². The summed E-state index contributed by atoms with van der Waals surface area (Å²) in [5.74, 6) is 0.226. The maximum Gasteiger partial charge on any atom is 0.417 e. The molecule has 1 amide bonds. The Kier molecular flexibility index (Phi) is 6.62. The first-order chi connectivity index (χ1) is 15.7. The van der Waals surface area contributed by atoms with Gasteiger partial charge in [-0.25, -0.2) is 13.4 Å². The predicted octanol–water partition coefficient (Wildman–Crippen LogP) is 2.85. The molecule has 0 bridgehead atoms. The number of carbonyl (C=O) groups is 1. The summed E-state index contributed by atoms with van der Waals surface area (Å²) in [5, 5.41) is 0. The highest BCUT2D eigenvalue weighted by Crippen LogP contribution is 2.30. The van der Waals surface area contributed by atoms with E-state index in [1.807, 2.05) is 4.90 Å². The number of carbonyl (C=O) groups excluding carboxylic acids is 1. The van der Waals surface area contributed by atoms with E-state index in [1.54, 1.807) is 35.2 Å². The van der Waals surface area contributed by atoms with Gasteiger partial charge in [-0.15, -0.1) is 0 Å². The van der Waals surface area contributed by atoms with E-state index < -0.39 is 21.8 Å². The van der Waals surface area contributed by atoms with Crippen molar-refractivity contribution in [2.24, 2.45) is 5.92 Å². The number of rotatable bonds is 4. The first kappa shape index (κ1) is 23.5. The van der Waals surface area contributed by atoms with Crippen molar-refractivity contribution in [3.05, 3.63) is 54.2 Å². The van der Waals surface area contributed by atoms with E-state index in [0.29, 0.717) is 57.9 Å². The van der Waals surface area contributed by atoms with Gasteiger partial charge in [-0.2, -0.15) is 17.5 Å². The molecule has 0 aliphatic carbocycles. The fourth-order valence-corrected chi connectivity index (χ4v) is 5.73. The molecule has 0 unspecified atom stereocenters. The summed E-state index contributed by atoms with van der Waals surface area (Å²) < 4.78 is 65.1. The Morgan fingerprint density at radius 1 is 0.909 bits per heavy atom. The van der Waals surface area contributed by atoms with E-state index in [1.165, 1.54) is 10.4 Å². The van der Waals surface area contributed by atoms with Crippen LogP contribution in [0, 0.1) is 5.92 Å².